The van der Waals surface area contributed by atoms with Crippen molar-refractivity contribution in [2.24, 2.45) is 0 Å². The topological polar surface area (TPSA) is 80.5 Å². The van der Waals surface area contributed by atoms with Gasteiger partial charge in [-0.25, -0.2) is 0 Å². The van der Waals surface area contributed by atoms with E-state index < -0.39 is 17.4 Å². The molecule has 0 saturated carbocycles. The molecule has 1 N–H and O–H groups in total. The summed E-state index contributed by atoms with van der Waals surface area (Å²) in [6, 6.07) is 5.26. The summed E-state index contributed by atoms with van der Waals surface area (Å²) < 4.78 is 1.66. The SMILES string of the molecule is CC.O=C1CC(c2cn3ccccc3nc2=O)C(=O)N1. The summed E-state index contributed by atoms with van der Waals surface area (Å²) in [6.45, 7) is 4.00. The van der Waals surface area contributed by atoms with Crippen LogP contribution in [0.5, 0.6) is 0 Å². The van der Waals surface area contributed by atoms with Gasteiger partial charge >= 0.3 is 0 Å². The molecule has 6 heteroatoms. The number of fused-ring (bicyclic) bond motifs is 1. The van der Waals surface area contributed by atoms with Crippen LogP contribution in [0.3, 0.4) is 0 Å². The van der Waals surface area contributed by atoms with Crippen LogP contribution in [-0.2, 0) is 9.59 Å². The van der Waals surface area contributed by atoms with E-state index in [1.54, 1.807) is 35.0 Å². The van der Waals surface area contributed by atoms with Crippen molar-refractivity contribution >= 4 is 17.5 Å². The number of aromatic nitrogens is 2. The summed E-state index contributed by atoms with van der Waals surface area (Å²) in [5, 5.41) is 2.19. The molecule has 0 radical (unpaired) electrons. The molecule has 1 saturated heterocycles. The van der Waals surface area contributed by atoms with Crippen molar-refractivity contribution in [3.63, 3.8) is 0 Å². The van der Waals surface area contributed by atoms with Gasteiger partial charge in [-0.05, 0) is 12.1 Å². The van der Waals surface area contributed by atoms with Crippen LogP contribution in [0, 0.1) is 0 Å². The Labute approximate surface area is 115 Å². The van der Waals surface area contributed by atoms with E-state index in [4.69, 9.17) is 0 Å². The van der Waals surface area contributed by atoms with Gasteiger partial charge < -0.3 is 4.40 Å². The van der Waals surface area contributed by atoms with Gasteiger partial charge in [0.05, 0.1) is 5.92 Å². The minimum atomic E-state index is -0.727. The zero-order valence-electron chi connectivity index (χ0n) is 11.3. The minimum Gasteiger partial charge on any atom is -0.308 e. The number of hydrogen-bond acceptors (Lipinski definition) is 4. The van der Waals surface area contributed by atoms with Crippen molar-refractivity contribution in [2.45, 2.75) is 26.2 Å². The average molecular weight is 273 g/mol. The monoisotopic (exact) mass is 273 g/mol. The third-order valence-corrected chi connectivity index (χ3v) is 2.95. The van der Waals surface area contributed by atoms with Crippen LogP contribution in [0.1, 0.15) is 31.7 Å². The molecule has 2 aromatic heterocycles. The van der Waals surface area contributed by atoms with Gasteiger partial charge in [0.15, 0.2) is 0 Å². The molecule has 6 nitrogen and oxygen atoms in total. The van der Waals surface area contributed by atoms with E-state index in [1.165, 1.54) is 0 Å². The third kappa shape index (κ3) is 2.45. The number of carbonyl (C=O) groups is 2. The number of pyridine rings is 1. The first-order valence-electron chi connectivity index (χ1n) is 6.47. The van der Waals surface area contributed by atoms with E-state index in [2.05, 4.69) is 10.3 Å². The standard InChI is InChI=1S/C12H9N3O3.C2H6/c16-10-5-7(11(17)14-10)8-6-15-4-2-1-3-9(15)13-12(8)18;1-2/h1-4,6-7H,5H2,(H,14,16,17);1-2H3. The Morgan fingerprint density at radius 1 is 1.25 bits per heavy atom. The number of nitrogens with one attached hydrogen (secondary N) is 1. The van der Waals surface area contributed by atoms with Crippen LogP contribution in [-0.4, -0.2) is 21.2 Å². The highest BCUT2D eigenvalue weighted by Gasteiger charge is 2.34. The number of hydrogen-bond donors (Lipinski definition) is 1. The second-order valence-corrected chi connectivity index (χ2v) is 4.14. The van der Waals surface area contributed by atoms with Crippen molar-refractivity contribution in [1.29, 1.82) is 0 Å². The Bertz CT molecular complexity index is 721. The zero-order chi connectivity index (χ0) is 14.7. The Morgan fingerprint density at radius 2 is 2.00 bits per heavy atom. The predicted octanol–water partition coefficient (Wildman–Crippen LogP) is 0.851. The van der Waals surface area contributed by atoms with E-state index in [-0.39, 0.29) is 17.9 Å². The fraction of sp³-hybridized carbons (Fsp3) is 0.286. The molecule has 1 fully saturated rings. The molecule has 0 aromatic carbocycles. The van der Waals surface area contributed by atoms with E-state index in [0.29, 0.717) is 5.65 Å². The fourth-order valence-electron chi connectivity index (χ4n) is 2.07. The molecule has 20 heavy (non-hydrogen) atoms. The van der Waals surface area contributed by atoms with Crippen LogP contribution < -0.4 is 10.9 Å². The highest BCUT2D eigenvalue weighted by molar-refractivity contribution is 6.06. The first kappa shape index (κ1) is 13.9. The maximum atomic E-state index is 11.9. The maximum absolute atomic E-state index is 11.9. The number of amides is 2. The van der Waals surface area contributed by atoms with Gasteiger partial charge in [0, 0.05) is 24.4 Å². The Hall–Kier alpha value is -2.50. The normalized spacial score (nSPS) is 17.6. The van der Waals surface area contributed by atoms with Gasteiger partial charge in [-0.3, -0.25) is 19.7 Å². The minimum absolute atomic E-state index is 0.00858. The van der Waals surface area contributed by atoms with E-state index >= 15 is 0 Å². The molecule has 0 spiro atoms. The first-order valence-corrected chi connectivity index (χ1v) is 6.47. The van der Waals surface area contributed by atoms with Gasteiger partial charge in [0.2, 0.25) is 11.8 Å². The molecule has 1 aliphatic heterocycles. The lowest BCUT2D eigenvalue weighted by atomic mass is 10.0. The van der Waals surface area contributed by atoms with Gasteiger partial charge in [-0.15, -0.1) is 0 Å². The number of carbonyl (C=O) groups excluding carboxylic acids is 2. The predicted molar refractivity (Wildman–Crippen MR) is 73.3 cm³/mol. The van der Waals surface area contributed by atoms with Gasteiger partial charge in [-0.2, -0.15) is 4.98 Å². The molecule has 104 valence electrons. The summed E-state index contributed by atoms with van der Waals surface area (Å²) in [4.78, 5) is 38.5. The zero-order valence-corrected chi connectivity index (χ0v) is 11.3. The Morgan fingerprint density at radius 3 is 2.65 bits per heavy atom. The van der Waals surface area contributed by atoms with Crippen LogP contribution in [0.25, 0.3) is 5.65 Å². The fourth-order valence-corrected chi connectivity index (χ4v) is 2.07. The highest BCUT2D eigenvalue weighted by atomic mass is 16.2. The van der Waals surface area contributed by atoms with E-state index in [9.17, 15) is 14.4 Å². The van der Waals surface area contributed by atoms with Gasteiger partial charge in [-0.1, -0.05) is 19.9 Å². The van der Waals surface area contributed by atoms with Gasteiger partial charge in [0.1, 0.15) is 5.65 Å². The molecule has 1 unspecified atom stereocenters. The molecule has 2 amide bonds. The van der Waals surface area contributed by atoms with Crippen LogP contribution in [0.4, 0.5) is 0 Å². The van der Waals surface area contributed by atoms with E-state index in [1.807, 2.05) is 13.8 Å². The Balaban J connectivity index is 0.000000704. The summed E-state index contributed by atoms with van der Waals surface area (Å²) >= 11 is 0. The van der Waals surface area contributed by atoms with Crippen LogP contribution in [0.15, 0.2) is 35.4 Å². The summed E-state index contributed by atoms with van der Waals surface area (Å²) in [5.74, 6) is -1.52. The third-order valence-electron chi connectivity index (χ3n) is 2.95. The molecule has 3 rings (SSSR count). The number of nitrogens with zero attached hydrogens (tertiary/aromatic N) is 2. The van der Waals surface area contributed by atoms with Crippen molar-refractivity contribution in [2.75, 3.05) is 0 Å². The largest absolute Gasteiger partial charge is 0.308 e. The quantitative estimate of drug-likeness (QED) is 0.781. The molecule has 3 heterocycles. The summed E-state index contributed by atoms with van der Waals surface area (Å²) in [6.07, 6.45) is 3.31. The Kier molecular flexibility index (Phi) is 3.93. The maximum Gasteiger partial charge on any atom is 0.277 e. The van der Waals surface area contributed by atoms with Crippen LogP contribution in [0.2, 0.25) is 0 Å². The smallest absolute Gasteiger partial charge is 0.277 e. The average Bonchev–Trinajstić information content (AvgIpc) is 2.79. The molecule has 2 aromatic rings. The van der Waals surface area contributed by atoms with Crippen molar-refractivity contribution < 1.29 is 9.59 Å². The number of imide groups is 1. The second-order valence-electron chi connectivity index (χ2n) is 4.14. The highest BCUT2D eigenvalue weighted by Crippen LogP contribution is 2.21. The lowest BCUT2D eigenvalue weighted by molar-refractivity contribution is -0.125. The lowest BCUT2D eigenvalue weighted by Gasteiger charge is -2.06. The number of rotatable bonds is 1. The molecular weight excluding hydrogens is 258 g/mol. The molecule has 0 aliphatic carbocycles. The van der Waals surface area contributed by atoms with Gasteiger partial charge in [0.25, 0.3) is 5.56 Å². The second kappa shape index (κ2) is 5.64. The van der Waals surface area contributed by atoms with Crippen LogP contribution >= 0.6 is 0 Å². The lowest BCUT2D eigenvalue weighted by Crippen LogP contribution is -2.25. The molecule has 0 bridgehead atoms. The summed E-state index contributed by atoms with van der Waals surface area (Å²) in [7, 11) is 0. The molecular formula is C14H15N3O3. The van der Waals surface area contributed by atoms with E-state index in [0.717, 1.165) is 0 Å². The first-order chi connectivity index (χ1) is 9.65. The summed E-state index contributed by atoms with van der Waals surface area (Å²) in [5.41, 5.74) is 0.300. The molecule has 1 atom stereocenters. The molecule has 1 aliphatic rings. The van der Waals surface area contributed by atoms with Crippen molar-refractivity contribution in [1.82, 2.24) is 14.7 Å². The van der Waals surface area contributed by atoms with Crippen molar-refractivity contribution in [3.05, 3.63) is 46.5 Å². The van der Waals surface area contributed by atoms with Crippen molar-refractivity contribution in [3.8, 4) is 0 Å².